The Balaban J connectivity index is 0.000000406. The largest absolute Gasteiger partial charge is 0.490 e. The van der Waals surface area contributed by atoms with E-state index in [4.69, 9.17) is 14.6 Å². The number of ether oxygens (including phenoxy) is 1. The lowest BCUT2D eigenvalue weighted by molar-refractivity contribution is -0.192. The summed E-state index contributed by atoms with van der Waals surface area (Å²) in [4.78, 5) is 27.7. The number of amides is 1. The molecule has 0 unspecified atom stereocenters. The van der Waals surface area contributed by atoms with Crippen molar-refractivity contribution in [2.45, 2.75) is 37.4 Å². The third-order valence-corrected chi connectivity index (χ3v) is 5.16. The van der Waals surface area contributed by atoms with Crippen molar-refractivity contribution >= 4 is 11.9 Å². The molecular weight excluding hydrogens is 476 g/mol. The van der Waals surface area contributed by atoms with Crippen molar-refractivity contribution in [1.82, 2.24) is 25.0 Å². The number of halogens is 6. The van der Waals surface area contributed by atoms with E-state index in [0.29, 0.717) is 19.7 Å². The first-order chi connectivity index (χ1) is 15.8. The number of fused-ring (bicyclic) bond motifs is 1. The van der Waals surface area contributed by atoms with Gasteiger partial charge in [-0.2, -0.15) is 31.4 Å². The molecule has 2 aromatic heterocycles. The van der Waals surface area contributed by atoms with Gasteiger partial charge in [-0.1, -0.05) is 6.07 Å². The minimum Gasteiger partial charge on any atom is -0.475 e. The smallest absolute Gasteiger partial charge is 0.475 e. The Bertz CT molecular complexity index is 1050. The second-order valence-corrected chi connectivity index (χ2v) is 7.53. The lowest BCUT2D eigenvalue weighted by Gasteiger charge is -2.22. The van der Waals surface area contributed by atoms with Gasteiger partial charge in [-0.05, 0) is 12.5 Å². The molecule has 0 aliphatic carbocycles. The number of carbonyl (C=O) groups is 2. The SMILES string of the molecule is COC[C@@H]1C[C@@H](N2Cc3ccc(-n4cc(C(F)(F)F)cn4)nc3C2=O)CN1.O=C(O)C(F)(F)F. The van der Waals surface area contributed by atoms with Crippen molar-refractivity contribution in [3.8, 4) is 5.82 Å². The van der Waals surface area contributed by atoms with Crippen molar-refractivity contribution in [3.63, 3.8) is 0 Å². The normalized spacial score (nSPS) is 20.2. The highest BCUT2D eigenvalue weighted by atomic mass is 19.4. The third kappa shape index (κ3) is 5.64. The summed E-state index contributed by atoms with van der Waals surface area (Å²) in [6, 6.07) is 3.53. The molecule has 4 heterocycles. The summed E-state index contributed by atoms with van der Waals surface area (Å²) < 4.78 is 76.2. The number of carboxylic acids is 1. The minimum absolute atomic E-state index is 0.0387. The number of aromatic nitrogens is 3. The Morgan fingerprint density at radius 1 is 1.26 bits per heavy atom. The summed E-state index contributed by atoms with van der Waals surface area (Å²) in [5, 5.41) is 14.2. The second kappa shape index (κ2) is 9.58. The Kier molecular flexibility index (Phi) is 7.16. The fourth-order valence-corrected chi connectivity index (χ4v) is 3.56. The van der Waals surface area contributed by atoms with Gasteiger partial charge >= 0.3 is 18.3 Å². The standard InChI is InChI=1S/C17H18F3N5O2.C2HF3O2/c1-27-9-12-4-13(6-21-12)24-7-10-2-3-14(23-15(10)16(24)26)25-8-11(5-22-25)17(18,19)20;3-2(4,5)1(6)7/h2-3,5,8,12-13,21H,4,6-7,9H2,1H3;(H,6,7)/t12-,13+;/m0./s1. The van der Waals surface area contributed by atoms with E-state index in [2.05, 4.69) is 15.4 Å². The number of nitrogens with zero attached hydrogens (tertiary/aromatic N) is 4. The molecule has 2 atom stereocenters. The molecule has 2 aliphatic rings. The van der Waals surface area contributed by atoms with Crippen LogP contribution in [0.5, 0.6) is 0 Å². The quantitative estimate of drug-likeness (QED) is 0.627. The van der Waals surface area contributed by atoms with Crippen LogP contribution in [0.2, 0.25) is 0 Å². The van der Waals surface area contributed by atoms with Crippen LogP contribution in [0.1, 0.15) is 28.0 Å². The highest BCUT2D eigenvalue weighted by Gasteiger charge is 2.39. The van der Waals surface area contributed by atoms with Gasteiger partial charge in [-0.15, -0.1) is 0 Å². The Labute approximate surface area is 188 Å². The molecular formula is C19H19F6N5O4. The second-order valence-electron chi connectivity index (χ2n) is 7.53. The average molecular weight is 495 g/mol. The molecule has 1 amide bonds. The first-order valence-corrected chi connectivity index (χ1v) is 9.76. The number of hydrogen-bond acceptors (Lipinski definition) is 6. The van der Waals surface area contributed by atoms with Crippen molar-refractivity contribution < 1.29 is 45.8 Å². The van der Waals surface area contributed by atoms with E-state index in [9.17, 15) is 31.1 Å². The molecule has 1 fully saturated rings. The zero-order valence-corrected chi connectivity index (χ0v) is 17.5. The number of methoxy groups -OCH3 is 1. The summed E-state index contributed by atoms with van der Waals surface area (Å²) in [6.45, 7) is 1.70. The van der Waals surface area contributed by atoms with Crippen LogP contribution in [-0.2, 0) is 22.3 Å². The van der Waals surface area contributed by atoms with Gasteiger partial charge in [0.25, 0.3) is 5.91 Å². The maximum atomic E-state index is 12.8. The summed E-state index contributed by atoms with van der Waals surface area (Å²) in [5.41, 5.74) is 0.174. The van der Waals surface area contributed by atoms with Crippen LogP contribution in [0.25, 0.3) is 5.82 Å². The van der Waals surface area contributed by atoms with Gasteiger partial charge in [0.2, 0.25) is 0 Å². The topological polar surface area (TPSA) is 110 Å². The van der Waals surface area contributed by atoms with Crippen molar-refractivity contribution in [3.05, 3.63) is 41.3 Å². The molecule has 1 saturated heterocycles. The van der Waals surface area contributed by atoms with Gasteiger partial charge in [0.15, 0.2) is 5.82 Å². The first kappa shape index (κ1) is 25.4. The van der Waals surface area contributed by atoms with E-state index in [-0.39, 0.29) is 29.5 Å². The van der Waals surface area contributed by atoms with Gasteiger partial charge in [0.05, 0.1) is 18.4 Å². The number of hydrogen-bond donors (Lipinski definition) is 2. The lowest BCUT2D eigenvalue weighted by atomic mass is 10.1. The predicted molar refractivity (Wildman–Crippen MR) is 102 cm³/mol. The molecule has 15 heteroatoms. The lowest BCUT2D eigenvalue weighted by Crippen LogP contribution is -2.37. The zero-order valence-electron chi connectivity index (χ0n) is 17.5. The van der Waals surface area contributed by atoms with Crippen LogP contribution in [0.3, 0.4) is 0 Å². The molecule has 2 N–H and O–H groups in total. The molecule has 4 rings (SSSR count). The Morgan fingerprint density at radius 3 is 2.50 bits per heavy atom. The van der Waals surface area contributed by atoms with Gasteiger partial charge in [-0.25, -0.2) is 14.5 Å². The van der Waals surface area contributed by atoms with Crippen LogP contribution in [0.15, 0.2) is 24.5 Å². The molecule has 34 heavy (non-hydrogen) atoms. The third-order valence-electron chi connectivity index (χ3n) is 5.16. The highest BCUT2D eigenvalue weighted by molar-refractivity contribution is 5.96. The summed E-state index contributed by atoms with van der Waals surface area (Å²) in [7, 11) is 1.64. The number of aliphatic carboxylic acids is 1. The van der Waals surface area contributed by atoms with E-state index in [1.807, 2.05) is 0 Å². The summed E-state index contributed by atoms with van der Waals surface area (Å²) in [6.07, 6.45) is -7.17. The average Bonchev–Trinajstić information content (AvgIpc) is 3.47. The maximum absolute atomic E-state index is 12.8. The predicted octanol–water partition coefficient (Wildman–Crippen LogP) is 2.25. The zero-order chi connectivity index (χ0) is 25.3. The van der Waals surface area contributed by atoms with Gasteiger partial charge in [-0.3, -0.25) is 4.79 Å². The number of nitrogens with one attached hydrogen (secondary N) is 1. The van der Waals surface area contributed by atoms with Crippen LogP contribution < -0.4 is 5.32 Å². The molecule has 0 aromatic carbocycles. The highest BCUT2D eigenvalue weighted by Crippen LogP contribution is 2.30. The van der Waals surface area contributed by atoms with Crippen LogP contribution >= 0.6 is 0 Å². The number of carboxylic acid groups (broad SMARTS) is 1. The first-order valence-electron chi connectivity index (χ1n) is 9.76. The summed E-state index contributed by atoms with van der Waals surface area (Å²) in [5.74, 6) is -2.78. The fourth-order valence-electron chi connectivity index (χ4n) is 3.56. The number of carbonyl (C=O) groups excluding carboxylic acids is 1. The van der Waals surface area contributed by atoms with Crippen molar-refractivity contribution in [2.75, 3.05) is 20.3 Å². The van der Waals surface area contributed by atoms with Crippen molar-refractivity contribution in [2.24, 2.45) is 0 Å². The van der Waals surface area contributed by atoms with Gasteiger partial charge < -0.3 is 20.1 Å². The molecule has 0 spiro atoms. The van der Waals surface area contributed by atoms with Crippen molar-refractivity contribution in [1.29, 1.82) is 0 Å². The molecule has 0 bridgehead atoms. The number of pyridine rings is 1. The molecule has 9 nitrogen and oxygen atoms in total. The van der Waals surface area contributed by atoms with E-state index in [0.717, 1.165) is 29.1 Å². The molecule has 2 aromatic rings. The Hall–Kier alpha value is -3.20. The van der Waals surface area contributed by atoms with E-state index in [1.54, 1.807) is 24.1 Å². The molecule has 0 saturated carbocycles. The van der Waals surface area contributed by atoms with E-state index >= 15 is 0 Å². The van der Waals surface area contributed by atoms with Gasteiger partial charge in [0.1, 0.15) is 5.69 Å². The van der Waals surface area contributed by atoms with E-state index in [1.165, 1.54) is 0 Å². The minimum atomic E-state index is -5.08. The molecule has 0 radical (unpaired) electrons. The van der Waals surface area contributed by atoms with E-state index < -0.39 is 23.9 Å². The molecule has 186 valence electrons. The number of rotatable bonds is 4. The number of alkyl halides is 6. The van der Waals surface area contributed by atoms with Gasteiger partial charge in [0, 0.05) is 44.0 Å². The monoisotopic (exact) mass is 495 g/mol. The Morgan fingerprint density at radius 2 is 1.94 bits per heavy atom. The van der Waals surface area contributed by atoms with Crippen LogP contribution in [0.4, 0.5) is 26.3 Å². The molecule has 2 aliphatic heterocycles. The fraction of sp³-hybridized carbons (Fsp3) is 0.474. The summed E-state index contributed by atoms with van der Waals surface area (Å²) >= 11 is 0. The maximum Gasteiger partial charge on any atom is 0.490 e. The van der Waals surface area contributed by atoms with Crippen LogP contribution in [0, 0.1) is 0 Å². The van der Waals surface area contributed by atoms with Crippen LogP contribution in [-0.4, -0.2) is 75.2 Å².